The molecule has 3 aliphatic rings. The topological polar surface area (TPSA) is 302 Å². The Morgan fingerprint density at radius 2 is 1.54 bits per heavy atom. The summed E-state index contributed by atoms with van der Waals surface area (Å²) in [4.78, 5) is 36.2. The highest BCUT2D eigenvalue weighted by Crippen LogP contribution is 2.33. The van der Waals surface area contributed by atoms with E-state index in [1.54, 1.807) is 48.6 Å². The molecule has 324 valence electrons. The summed E-state index contributed by atoms with van der Waals surface area (Å²) in [7, 11) is -2.87. The molecule has 2 aliphatic heterocycles. The molecule has 0 radical (unpaired) electrons. The molecule has 0 bridgehead atoms. The number of para-hydroxylation sites is 1. The lowest BCUT2D eigenvalue weighted by atomic mass is 9.83. The molecule has 22 heteroatoms. The standard InChI is InChI=1S/C35H58N6O15S/c1-33(2,3)55-31(44)39-20-14-13-18(16-38-57(49,50)23-12-10-9-11-22(23)41(47)48)52-29(20)54-27-21(40-32(45)56-34(4,5)6)15-19(36)26(24(27)42)53-30-25(43)28(37-8)35(7,46)17-51-30/h9-12,18-21,24-30,37-38,42-43,46H,13-17,36H2,1-8H3,(H,39,44)(H,40,45)/t18-,19+,20+,21-,24+,25+,26-,27+,28+,29+,30+,35-/m0/s1. The fraction of sp³-hybridized carbons (Fsp3) is 0.771. The number of nitrogens with one attached hydrogen (secondary N) is 4. The molecule has 1 aromatic rings. The number of rotatable bonds is 12. The molecule has 4 rings (SSSR count). The molecule has 2 saturated heterocycles. The molecule has 12 atom stereocenters. The normalized spacial score (nSPS) is 33.9. The molecule has 3 fully saturated rings. The van der Waals surface area contributed by atoms with Crippen molar-refractivity contribution < 1.29 is 66.7 Å². The van der Waals surface area contributed by atoms with Gasteiger partial charge in [-0.3, -0.25) is 10.1 Å². The lowest BCUT2D eigenvalue weighted by molar-refractivity contribution is -0.387. The summed E-state index contributed by atoms with van der Waals surface area (Å²) < 4.78 is 64.1. The molecule has 57 heavy (non-hydrogen) atoms. The van der Waals surface area contributed by atoms with Gasteiger partial charge in [-0.1, -0.05) is 12.1 Å². The average molecular weight is 835 g/mol. The van der Waals surface area contributed by atoms with Crippen molar-refractivity contribution in [1.29, 1.82) is 0 Å². The first-order valence-corrected chi connectivity index (χ1v) is 20.1. The van der Waals surface area contributed by atoms with Crippen LogP contribution in [0.2, 0.25) is 0 Å². The number of hydrogen-bond acceptors (Lipinski definition) is 17. The summed E-state index contributed by atoms with van der Waals surface area (Å²) >= 11 is 0. The van der Waals surface area contributed by atoms with Gasteiger partial charge in [0.25, 0.3) is 5.69 Å². The van der Waals surface area contributed by atoms with Gasteiger partial charge in [0.15, 0.2) is 17.5 Å². The van der Waals surface area contributed by atoms with Crippen molar-refractivity contribution in [2.75, 3.05) is 20.2 Å². The first-order valence-electron chi connectivity index (χ1n) is 18.6. The predicted octanol–water partition coefficient (Wildman–Crippen LogP) is 0.0833. The van der Waals surface area contributed by atoms with Crippen LogP contribution in [0.3, 0.4) is 0 Å². The highest BCUT2D eigenvalue weighted by Gasteiger charge is 2.52. The maximum atomic E-state index is 13.2. The molecule has 2 amide bonds. The Morgan fingerprint density at radius 3 is 2.12 bits per heavy atom. The number of likely N-dealkylation sites (N-methyl/N-ethyl adjacent to an activating group) is 1. The lowest BCUT2D eigenvalue weighted by Crippen LogP contribution is -2.69. The number of nitro benzene ring substituents is 1. The number of carbonyl (C=O) groups is 2. The predicted molar refractivity (Wildman–Crippen MR) is 200 cm³/mol. The van der Waals surface area contributed by atoms with Crippen molar-refractivity contribution in [2.45, 2.75) is 157 Å². The van der Waals surface area contributed by atoms with Crippen LogP contribution in [0, 0.1) is 10.1 Å². The van der Waals surface area contributed by atoms with E-state index in [9.17, 15) is 43.4 Å². The summed E-state index contributed by atoms with van der Waals surface area (Å²) in [6, 6.07) is 0.954. The number of carbonyl (C=O) groups excluding carboxylic acids is 2. The SMILES string of the molecule is CN[C@@H]1[C@@H](O)[C@@H](O[C@@H]2[C@@H](O)[C@H](O[C@H]3O[C@H](CNS(=O)(=O)c4ccccc4[N+](=O)[O-])CC[C@H]3NC(=O)OC(C)(C)C)[C@@H](NC(=O)OC(C)(C)C)C[C@H]2N)OC[C@]1(C)O. The van der Waals surface area contributed by atoms with Crippen molar-refractivity contribution in [3.05, 3.63) is 34.4 Å². The zero-order valence-electron chi connectivity index (χ0n) is 33.4. The van der Waals surface area contributed by atoms with Crippen LogP contribution in [-0.2, 0) is 38.4 Å². The average Bonchev–Trinajstić information content (AvgIpc) is 3.07. The number of alkyl carbamates (subject to hydrolysis) is 2. The molecular formula is C35H58N6O15S. The quantitative estimate of drug-likeness (QED) is 0.102. The van der Waals surface area contributed by atoms with Crippen LogP contribution in [0.15, 0.2) is 29.2 Å². The molecule has 0 aromatic heterocycles. The van der Waals surface area contributed by atoms with Crippen LogP contribution >= 0.6 is 0 Å². The van der Waals surface area contributed by atoms with E-state index in [-0.39, 0.29) is 32.4 Å². The third kappa shape index (κ3) is 12.4. The summed E-state index contributed by atoms with van der Waals surface area (Å²) in [5.74, 6) is 0. The zero-order chi connectivity index (χ0) is 42.7. The van der Waals surface area contributed by atoms with Gasteiger partial charge in [-0.15, -0.1) is 0 Å². The van der Waals surface area contributed by atoms with Gasteiger partial charge in [0, 0.05) is 18.7 Å². The number of aliphatic hydroxyl groups excluding tert-OH is 2. The van der Waals surface area contributed by atoms with E-state index in [1.807, 2.05) is 0 Å². The van der Waals surface area contributed by atoms with E-state index in [4.69, 9.17) is 34.2 Å². The van der Waals surface area contributed by atoms with Gasteiger partial charge in [0.1, 0.15) is 41.2 Å². The number of nitrogens with two attached hydrogens (primary N) is 1. The zero-order valence-corrected chi connectivity index (χ0v) is 34.2. The number of ether oxygens (including phenoxy) is 6. The fourth-order valence-electron chi connectivity index (χ4n) is 6.92. The van der Waals surface area contributed by atoms with E-state index in [0.717, 1.165) is 12.1 Å². The summed E-state index contributed by atoms with van der Waals surface area (Å²) in [6.45, 7) is 10.8. The first kappa shape index (κ1) is 46.4. The fourth-order valence-corrected chi connectivity index (χ4v) is 8.15. The lowest BCUT2D eigenvalue weighted by Gasteiger charge is -2.49. The van der Waals surface area contributed by atoms with Crippen LogP contribution in [0.1, 0.15) is 67.7 Å². The molecule has 0 unspecified atom stereocenters. The second-order valence-corrected chi connectivity index (χ2v) is 18.4. The minimum Gasteiger partial charge on any atom is -0.444 e. The Bertz CT molecular complexity index is 1670. The number of aliphatic hydroxyl groups is 3. The molecule has 21 nitrogen and oxygen atoms in total. The molecule has 1 aromatic carbocycles. The van der Waals surface area contributed by atoms with Crippen molar-refractivity contribution in [2.24, 2.45) is 5.73 Å². The Kier molecular flexibility index (Phi) is 14.9. The van der Waals surface area contributed by atoms with Gasteiger partial charge < -0.3 is 65.4 Å². The van der Waals surface area contributed by atoms with Crippen LogP contribution in [0.25, 0.3) is 0 Å². The van der Waals surface area contributed by atoms with Gasteiger partial charge in [-0.05, 0) is 80.8 Å². The highest BCUT2D eigenvalue weighted by atomic mass is 32.2. The number of hydrogen-bond donors (Lipinski definition) is 8. The minimum atomic E-state index is -4.41. The second-order valence-electron chi connectivity index (χ2n) is 16.7. The molecular weight excluding hydrogens is 776 g/mol. The number of nitro groups is 1. The summed E-state index contributed by atoms with van der Waals surface area (Å²) in [6.07, 6.45) is -10.9. The van der Waals surface area contributed by atoms with Crippen LogP contribution < -0.4 is 26.4 Å². The van der Waals surface area contributed by atoms with Gasteiger partial charge in [-0.25, -0.2) is 22.7 Å². The minimum absolute atomic E-state index is 0.0718. The van der Waals surface area contributed by atoms with Gasteiger partial charge in [0.2, 0.25) is 10.0 Å². The van der Waals surface area contributed by atoms with Crippen LogP contribution in [0.5, 0.6) is 0 Å². The summed E-state index contributed by atoms with van der Waals surface area (Å²) in [5, 5.41) is 53.5. The van der Waals surface area contributed by atoms with E-state index in [2.05, 4.69) is 20.7 Å². The molecule has 0 spiro atoms. The third-order valence-electron chi connectivity index (χ3n) is 9.45. The highest BCUT2D eigenvalue weighted by molar-refractivity contribution is 7.89. The number of amides is 2. The van der Waals surface area contributed by atoms with E-state index >= 15 is 0 Å². The Morgan fingerprint density at radius 1 is 0.965 bits per heavy atom. The summed E-state index contributed by atoms with van der Waals surface area (Å²) in [5.41, 5.74) is 2.64. The van der Waals surface area contributed by atoms with Crippen molar-refractivity contribution in [1.82, 2.24) is 20.7 Å². The Labute approximate surface area is 331 Å². The molecule has 1 saturated carbocycles. The first-order chi connectivity index (χ1) is 26.3. The van der Waals surface area contributed by atoms with Crippen molar-refractivity contribution in [3.8, 4) is 0 Å². The van der Waals surface area contributed by atoms with Crippen LogP contribution in [0.4, 0.5) is 15.3 Å². The smallest absolute Gasteiger partial charge is 0.408 e. The molecule has 9 N–H and O–H groups in total. The Balaban J connectivity index is 1.63. The maximum absolute atomic E-state index is 13.2. The van der Waals surface area contributed by atoms with Crippen LogP contribution in [-0.4, -0.2) is 145 Å². The van der Waals surface area contributed by atoms with Gasteiger partial charge in [-0.2, -0.15) is 0 Å². The van der Waals surface area contributed by atoms with E-state index in [1.165, 1.54) is 19.1 Å². The largest absolute Gasteiger partial charge is 0.444 e. The van der Waals surface area contributed by atoms with Crippen molar-refractivity contribution in [3.63, 3.8) is 0 Å². The second kappa shape index (κ2) is 18.3. The van der Waals surface area contributed by atoms with Gasteiger partial charge >= 0.3 is 12.2 Å². The number of sulfonamides is 1. The number of nitrogens with zero attached hydrogens (tertiary/aromatic N) is 1. The van der Waals surface area contributed by atoms with Gasteiger partial charge in [0.05, 0.1) is 35.8 Å². The maximum Gasteiger partial charge on any atom is 0.408 e. The van der Waals surface area contributed by atoms with Crippen molar-refractivity contribution >= 4 is 27.9 Å². The van der Waals surface area contributed by atoms with E-state index < -0.39 is 122 Å². The molecule has 2 heterocycles. The monoisotopic (exact) mass is 834 g/mol. The Hall–Kier alpha value is -3.29. The van der Waals surface area contributed by atoms with E-state index in [0.29, 0.717) is 0 Å². The third-order valence-corrected chi connectivity index (χ3v) is 10.9. The number of benzene rings is 1. The molecule has 1 aliphatic carbocycles.